The van der Waals surface area contributed by atoms with E-state index in [9.17, 15) is 14.9 Å². The van der Waals surface area contributed by atoms with Gasteiger partial charge in [0, 0.05) is 16.1 Å². The molecular weight excluding hydrogens is 437 g/mol. The Balaban J connectivity index is 1.99. The van der Waals surface area contributed by atoms with Crippen LogP contribution >= 0.6 is 23.2 Å². The SMILES string of the molecule is Cc1ccc(-n2nc(C(=O)N/N=C/c3ccc(Cl)cc3Cl)c(C)c(C#N)c2=O)cc1C. The molecule has 0 aliphatic carbocycles. The lowest BCUT2D eigenvalue weighted by Gasteiger charge is -2.11. The largest absolute Gasteiger partial charge is 0.292 e. The third kappa shape index (κ3) is 4.66. The molecule has 0 radical (unpaired) electrons. The van der Waals surface area contributed by atoms with Crippen LogP contribution in [0, 0.1) is 32.1 Å². The molecule has 31 heavy (non-hydrogen) atoms. The standard InChI is InChI=1S/C22H17Cl2N5O2/c1-12-4-7-17(8-13(12)2)29-22(31)18(10-25)14(3)20(28-29)21(30)27-26-11-15-5-6-16(23)9-19(15)24/h4-9,11H,1-3H3,(H,27,30)/b26-11+. The van der Waals surface area contributed by atoms with Crippen molar-refractivity contribution < 1.29 is 4.79 Å². The molecule has 1 N–H and O–H groups in total. The number of nitrogens with one attached hydrogen (secondary N) is 1. The van der Waals surface area contributed by atoms with Gasteiger partial charge < -0.3 is 0 Å². The van der Waals surface area contributed by atoms with Gasteiger partial charge in [0.2, 0.25) is 0 Å². The van der Waals surface area contributed by atoms with Gasteiger partial charge in [-0.1, -0.05) is 35.3 Å². The Kier molecular flexibility index (Phi) is 6.54. The minimum Gasteiger partial charge on any atom is -0.266 e. The number of carbonyl (C=O) groups is 1. The lowest BCUT2D eigenvalue weighted by atomic mass is 10.1. The van der Waals surface area contributed by atoms with Gasteiger partial charge >= 0.3 is 0 Å². The van der Waals surface area contributed by atoms with Gasteiger partial charge in [-0.2, -0.15) is 20.1 Å². The molecule has 0 unspecified atom stereocenters. The van der Waals surface area contributed by atoms with E-state index in [1.165, 1.54) is 13.1 Å². The van der Waals surface area contributed by atoms with Crippen molar-refractivity contribution in [1.82, 2.24) is 15.2 Å². The second kappa shape index (κ2) is 9.13. The topological polar surface area (TPSA) is 100 Å². The number of aryl methyl sites for hydroxylation is 2. The molecule has 3 aromatic rings. The Bertz CT molecular complexity index is 1320. The smallest absolute Gasteiger partial charge is 0.266 e. The van der Waals surface area contributed by atoms with Crippen molar-refractivity contribution in [3.63, 3.8) is 0 Å². The third-order valence-electron chi connectivity index (χ3n) is 4.73. The van der Waals surface area contributed by atoms with Crippen LogP contribution in [-0.2, 0) is 0 Å². The van der Waals surface area contributed by atoms with Crippen LogP contribution in [0.2, 0.25) is 10.0 Å². The van der Waals surface area contributed by atoms with Crippen LogP contribution in [0.5, 0.6) is 0 Å². The van der Waals surface area contributed by atoms with E-state index in [1.54, 1.807) is 30.3 Å². The zero-order valence-corrected chi connectivity index (χ0v) is 18.4. The van der Waals surface area contributed by atoms with Crippen molar-refractivity contribution in [2.45, 2.75) is 20.8 Å². The minimum atomic E-state index is -0.673. The van der Waals surface area contributed by atoms with Crippen molar-refractivity contribution in [2.24, 2.45) is 5.10 Å². The van der Waals surface area contributed by atoms with Gasteiger partial charge in [0.25, 0.3) is 11.5 Å². The molecule has 1 aromatic heterocycles. The van der Waals surface area contributed by atoms with Gasteiger partial charge in [0.15, 0.2) is 5.69 Å². The molecule has 156 valence electrons. The zero-order valence-electron chi connectivity index (χ0n) is 16.9. The highest BCUT2D eigenvalue weighted by molar-refractivity contribution is 6.36. The van der Waals surface area contributed by atoms with E-state index >= 15 is 0 Å². The second-order valence-corrected chi connectivity index (χ2v) is 7.65. The molecule has 0 fully saturated rings. The summed E-state index contributed by atoms with van der Waals surface area (Å²) >= 11 is 11.9. The molecule has 1 heterocycles. The maximum absolute atomic E-state index is 12.7. The van der Waals surface area contributed by atoms with Gasteiger partial charge in [-0.15, -0.1) is 0 Å². The number of benzene rings is 2. The Labute approximate surface area is 188 Å². The number of aromatic nitrogens is 2. The summed E-state index contributed by atoms with van der Waals surface area (Å²) in [6.45, 7) is 5.33. The van der Waals surface area contributed by atoms with Crippen molar-refractivity contribution >= 4 is 35.3 Å². The molecule has 0 saturated carbocycles. The number of amides is 1. The van der Waals surface area contributed by atoms with E-state index in [0.29, 0.717) is 21.3 Å². The molecule has 0 spiro atoms. The Hall–Kier alpha value is -3.47. The van der Waals surface area contributed by atoms with Crippen LogP contribution in [0.25, 0.3) is 5.69 Å². The van der Waals surface area contributed by atoms with E-state index in [0.717, 1.165) is 15.8 Å². The van der Waals surface area contributed by atoms with Crippen molar-refractivity contribution in [1.29, 1.82) is 5.26 Å². The number of carbonyl (C=O) groups excluding carboxylic acids is 1. The molecule has 7 nitrogen and oxygen atoms in total. The van der Waals surface area contributed by atoms with Crippen LogP contribution in [0.4, 0.5) is 0 Å². The third-order valence-corrected chi connectivity index (χ3v) is 5.29. The molecule has 0 aliphatic heterocycles. The van der Waals surface area contributed by atoms with Crippen molar-refractivity contribution in [3.05, 3.63) is 90.3 Å². The highest BCUT2D eigenvalue weighted by Crippen LogP contribution is 2.19. The Morgan fingerprint density at radius 1 is 1.16 bits per heavy atom. The number of hydrogen-bond donors (Lipinski definition) is 1. The summed E-state index contributed by atoms with van der Waals surface area (Å²) in [5.74, 6) is -0.673. The van der Waals surface area contributed by atoms with Gasteiger partial charge in [-0.25, -0.2) is 5.43 Å². The predicted molar refractivity (Wildman–Crippen MR) is 120 cm³/mol. The van der Waals surface area contributed by atoms with E-state index in [4.69, 9.17) is 23.2 Å². The van der Waals surface area contributed by atoms with Gasteiger partial charge in [0.05, 0.1) is 16.9 Å². The summed E-state index contributed by atoms with van der Waals surface area (Å²) in [6.07, 6.45) is 1.36. The first kappa shape index (κ1) is 22.2. The van der Waals surface area contributed by atoms with Crippen molar-refractivity contribution in [2.75, 3.05) is 0 Å². The van der Waals surface area contributed by atoms with Gasteiger partial charge in [-0.3, -0.25) is 9.59 Å². The number of nitrogens with zero attached hydrogens (tertiary/aromatic N) is 4. The summed E-state index contributed by atoms with van der Waals surface area (Å²) in [7, 11) is 0. The highest BCUT2D eigenvalue weighted by atomic mass is 35.5. The normalized spacial score (nSPS) is 10.8. The average molecular weight is 454 g/mol. The summed E-state index contributed by atoms with van der Waals surface area (Å²) in [6, 6.07) is 12.0. The molecule has 1 amide bonds. The van der Waals surface area contributed by atoms with Gasteiger partial charge in [0.1, 0.15) is 11.6 Å². The predicted octanol–water partition coefficient (Wildman–Crippen LogP) is 4.10. The fourth-order valence-corrected chi connectivity index (χ4v) is 3.26. The average Bonchev–Trinajstić information content (AvgIpc) is 2.72. The number of hydrogen-bond acceptors (Lipinski definition) is 5. The van der Waals surface area contributed by atoms with Gasteiger partial charge in [-0.05, 0) is 56.2 Å². The fourth-order valence-electron chi connectivity index (χ4n) is 2.80. The Morgan fingerprint density at radius 3 is 2.55 bits per heavy atom. The second-order valence-electron chi connectivity index (χ2n) is 6.81. The highest BCUT2D eigenvalue weighted by Gasteiger charge is 2.20. The molecule has 0 bridgehead atoms. The molecule has 0 aliphatic rings. The van der Waals surface area contributed by atoms with E-state index in [-0.39, 0.29) is 16.8 Å². The first-order valence-corrected chi connectivity index (χ1v) is 9.88. The maximum Gasteiger partial charge on any atom is 0.292 e. The summed E-state index contributed by atoms with van der Waals surface area (Å²) in [4.78, 5) is 25.5. The molecule has 9 heteroatoms. The number of rotatable bonds is 4. The number of hydrazone groups is 1. The zero-order chi connectivity index (χ0) is 22.7. The fraction of sp³-hybridized carbons (Fsp3) is 0.136. The van der Waals surface area contributed by atoms with Crippen LogP contribution in [0.1, 0.15) is 38.3 Å². The first-order valence-electron chi connectivity index (χ1n) is 9.13. The first-order chi connectivity index (χ1) is 14.7. The molecule has 3 rings (SSSR count). The van der Waals surface area contributed by atoms with E-state index in [2.05, 4.69) is 15.6 Å². The summed E-state index contributed by atoms with van der Waals surface area (Å²) in [5.41, 5.74) is 4.66. The van der Waals surface area contributed by atoms with Crippen LogP contribution in [-0.4, -0.2) is 21.9 Å². The van der Waals surface area contributed by atoms with E-state index in [1.807, 2.05) is 26.0 Å². The summed E-state index contributed by atoms with van der Waals surface area (Å²) in [5, 5.41) is 18.4. The molecule has 0 atom stereocenters. The van der Waals surface area contributed by atoms with Crippen LogP contribution < -0.4 is 11.0 Å². The lowest BCUT2D eigenvalue weighted by molar-refractivity contribution is 0.0947. The number of halogens is 2. The quantitative estimate of drug-likeness (QED) is 0.474. The minimum absolute atomic E-state index is 0.0891. The van der Waals surface area contributed by atoms with Crippen molar-refractivity contribution in [3.8, 4) is 11.8 Å². The van der Waals surface area contributed by atoms with Crippen LogP contribution in [0.15, 0.2) is 46.3 Å². The molecule has 0 saturated heterocycles. The lowest BCUT2D eigenvalue weighted by Crippen LogP contribution is -2.31. The Morgan fingerprint density at radius 2 is 1.90 bits per heavy atom. The molecule has 2 aromatic carbocycles. The number of nitriles is 1. The monoisotopic (exact) mass is 453 g/mol. The van der Waals surface area contributed by atoms with E-state index < -0.39 is 11.5 Å². The maximum atomic E-state index is 12.7. The molecular formula is C22H17Cl2N5O2. The summed E-state index contributed by atoms with van der Waals surface area (Å²) < 4.78 is 1.05. The van der Waals surface area contributed by atoms with Crippen LogP contribution in [0.3, 0.4) is 0 Å².